The lowest BCUT2D eigenvalue weighted by Crippen LogP contribution is -2.42. The number of pyridine rings is 2. The zero-order chi connectivity index (χ0) is 25.7. The summed E-state index contributed by atoms with van der Waals surface area (Å²) in [7, 11) is 0. The monoisotopic (exact) mass is 475 g/mol. The summed E-state index contributed by atoms with van der Waals surface area (Å²) in [5, 5.41) is 12.5. The van der Waals surface area contributed by atoms with Crippen LogP contribution in [0.25, 0.3) is 11.1 Å². The number of amides is 1. The van der Waals surface area contributed by atoms with Crippen molar-refractivity contribution in [3.63, 3.8) is 0 Å². The van der Waals surface area contributed by atoms with E-state index in [1.165, 1.54) is 10.6 Å². The number of rotatable bonds is 9. The number of carbonyl (C=O) groups is 2. The largest absolute Gasteiger partial charge is 0.481 e. The number of aryl methyl sites for hydroxylation is 3. The maximum Gasteiger partial charge on any atom is 0.305 e. The van der Waals surface area contributed by atoms with Crippen molar-refractivity contribution >= 4 is 11.9 Å². The molecule has 0 spiro atoms. The van der Waals surface area contributed by atoms with Crippen LogP contribution in [-0.4, -0.2) is 26.5 Å². The third kappa shape index (κ3) is 6.04. The summed E-state index contributed by atoms with van der Waals surface area (Å²) in [5.74, 6) is -1.57. The summed E-state index contributed by atoms with van der Waals surface area (Å²) in [6.45, 7) is 9.72. The molecule has 0 saturated carbocycles. The maximum atomic E-state index is 13.5. The smallest absolute Gasteiger partial charge is 0.305 e. The Balaban J connectivity index is 2.00. The van der Waals surface area contributed by atoms with Gasteiger partial charge in [-0.3, -0.25) is 19.4 Å². The van der Waals surface area contributed by atoms with Gasteiger partial charge in [-0.25, -0.2) is 0 Å². The Morgan fingerprint density at radius 2 is 1.77 bits per heavy atom. The summed E-state index contributed by atoms with van der Waals surface area (Å²) in [6, 6.07) is 9.62. The average molecular weight is 476 g/mol. The Hall–Kier alpha value is -3.74. The molecule has 1 aromatic carbocycles. The molecule has 7 nitrogen and oxygen atoms in total. The molecule has 3 atom stereocenters. The van der Waals surface area contributed by atoms with Gasteiger partial charge in [0.2, 0.25) is 5.91 Å². The summed E-state index contributed by atoms with van der Waals surface area (Å²) in [4.78, 5) is 42.3. The van der Waals surface area contributed by atoms with Gasteiger partial charge in [0.1, 0.15) is 6.04 Å². The van der Waals surface area contributed by atoms with Gasteiger partial charge < -0.3 is 15.0 Å². The number of carboxylic acid groups (broad SMARTS) is 1. The highest BCUT2D eigenvalue weighted by molar-refractivity contribution is 5.82. The van der Waals surface area contributed by atoms with Crippen molar-refractivity contribution in [2.45, 2.75) is 59.5 Å². The highest BCUT2D eigenvalue weighted by Gasteiger charge is 2.30. The Kier molecular flexibility index (Phi) is 8.22. The number of benzene rings is 1. The minimum Gasteiger partial charge on any atom is -0.481 e. The Labute approximate surface area is 205 Å². The molecule has 0 aliphatic rings. The van der Waals surface area contributed by atoms with Crippen LogP contribution in [-0.2, 0) is 9.59 Å². The van der Waals surface area contributed by atoms with E-state index in [-0.39, 0.29) is 17.9 Å². The van der Waals surface area contributed by atoms with E-state index in [1.54, 1.807) is 24.7 Å². The number of aliphatic carboxylic acids is 1. The SMILES string of the molecule is CC[C@@H](C)[C@H](C(=O)N[C@@H](CC(=O)O)c1cncc(-c2c(C)cccc2C)c1)n1ccc(C)cc1=O. The average Bonchev–Trinajstić information content (AvgIpc) is 2.80. The molecule has 0 saturated heterocycles. The van der Waals surface area contributed by atoms with Crippen molar-refractivity contribution in [3.8, 4) is 11.1 Å². The zero-order valence-electron chi connectivity index (χ0n) is 20.9. The fourth-order valence-corrected chi connectivity index (χ4v) is 4.44. The quantitative estimate of drug-likeness (QED) is 0.465. The molecular weight excluding hydrogens is 442 g/mol. The van der Waals surface area contributed by atoms with Crippen LogP contribution in [0.2, 0.25) is 0 Å². The van der Waals surface area contributed by atoms with Crippen LogP contribution in [0.3, 0.4) is 0 Å². The summed E-state index contributed by atoms with van der Waals surface area (Å²) in [5.41, 5.74) is 5.20. The summed E-state index contributed by atoms with van der Waals surface area (Å²) in [6.07, 6.45) is 5.32. The Morgan fingerprint density at radius 3 is 2.37 bits per heavy atom. The molecule has 35 heavy (non-hydrogen) atoms. The number of nitrogens with zero attached hydrogens (tertiary/aromatic N) is 2. The lowest BCUT2D eigenvalue weighted by atomic mass is 9.94. The van der Waals surface area contributed by atoms with Crippen molar-refractivity contribution in [2.75, 3.05) is 0 Å². The Morgan fingerprint density at radius 1 is 1.09 bits per heavy atom. The molecule has 2 N–H and O–H groups in total. The second-order valence-electron chi connectivity index (χ2n) is 9.21. The van der Waals surface area contributed by atoms with Crippen LogP contribution in [0.15, 0.2) is 59.8 Å². The second-order valence-corrected chi connectivity index (χ2v) is 9.21. The number of hydrogen-bond donors (Lipinski definition) is 2. The first-order valence-corrected chi connectivity index (χ1v) is 11.8. The first-order chi connectivity index (χ1) is 16.6. The highest BCUT2D eigenvalue weighted by atomic mass is 16.4. The maximum absolute atomic E-state index is 13.5. The highest BCUT2D eigenvalue weighted by Crippen LogP contribution is 2.30. The van der Waals surface area contributed by atoms with Crippen molar-refractivity contribution in [3.05, 3.63) is 87.6 Å². The standard InChI is InChI=1S/C28H33N3O4/c1-6-18(3)27(31-11-10-17(2)12-24(31)32)28(35)30-23(14-25(33)34)21-13-22(16-29-15-21)26-19(4)8-7-9-20(26)5/h7-13,15-16,18,23,27H,6,14H2,1-5H3,(H,30,35)(H,33,34)/t18-,23+,27-/m1/s1. The van der Waals surface area contributed by atoms with Crippen LogP contribution in [0.5, 0.6) is 0 Å². The second kappa shape index (κ2) is 11.1. The van der Waals surface area contributed by atoms with E-state index in [0.717, 1.165) is 27.8 Å². The number of nitrogens with one attached hydrogen (secondary N) is 1. The number of aromatic nitrogens is 2. The lowest BCUT2D eigenvalue weighted by Gasteiger charge is -2.27. The Bertz CT molecular complexity index is 1260. The third-order valence-electron chi connectivity index (χ3n) is 6.48. The lowest BCUT2D eigenvalue weighted by molar-refractivity contribution is -0.138. The summed E-state index contributed by atoms with van der Waals surface area (Å²) < 4.78 is 1.43. The van der Waals surface area contributed by atoms with Gasteiger partial charge >= 0.3 is 5.97 Å². The molecule has 7 heteroatoms. The third-order valence-corrected chi connectivity index (χ3v) is 6.48. The molecule has 0 unspecified atom stereocenters. The molecule has 2 heterocycles. The van der Waals surface area contributed by atoms with Crippen LogP contribution in [0, 0.1) is 26.7 Å². The number of carboxylic acids is 1. The molecule has 0 aliphatic heterocycles. The summed E-state index contributed by atoms with van der Waals surface area (Å²) >= 11 is 0. The molecular formula is C28H33N3O4. The predicted octanol–water partition coefficient (Wildman–Crippen LogP) is 4.75. The van der Waals surface area contributed by atoms with Gasteiger partial charge in [0.25, 0.3) is 5.56 Å². The molecule has 3 rings (SSSR count). The number of hydrogen-bond acceptors (Lipinski definition) is 4. The van der Waals surface area contributed by atoms with E-state index >= 15 is 0 Å². The van der Waals surface area contributed by atoms with Crippen LogP contribution in [0.4, 0.5) is 0 Å². The van der Waals surface area contributed by atoms with Gasteiger partial charge in [0.05, 0.1) is 12.5 Å². The molecule has 2 aromatic heterocycles. The molecule has 0 bridgehead atoms. The van der Waals surface area contributed by atoms with Crippen molar-refractivity contribution < 1.29 is 14.7 Å². The van der Waals surface area contributed by atoms with E-state index in [2.05, 4.69) is 10.3 Å². The van der Waals surface area contributed by atoms with E-state index in [4.69, 9.17) is 0 Å². The van der Waals surface area contributed by atoms with Crippen LogP contribution >= 0.6 is 0 Å². The predicted molar refractivity (Wildman–Crippen MR) is 136 cm³/mol. The zero-order valence-corrected chi connectivity index (χ0v) is 20.9. The molecule has 1 amide bonds. The first-order valence-electron chi connectivity index (χ1n) is 11.8. The van der Waals surface area contributed by atoms with Crippen molar-refractivity contribution in [2.24, 2.45) is 5.92 Å². The molecule has 0 fully saturated rings. The minimum atomic E-state index is -1.04. The first kappa shape index (κ1) is 25.9. The van der Waals surface area contributed by atoms with E-state index in [1.807, 2.05) is 58.9 Å². The normalized spacial score (nSPS) is 13.6. The molecule has 0 aliphatic carbocycles. The van der Waals surface area contributed by atoms with Crippen LogP contribution < -0.4 is 10.9 Å². The topological polar surface area (TPSA) is 101 Å². The van der Waals surface area contributed by atoms with Gasteiger partial charge in [0.15, 0.2) is 0 Å². The number of carbonyl (C=O) groups excluding carboxylic acids is 1. The van der Waals surface area contributed by atoms with E-state index in [0.29, 0.717) is 12.0 Å². The van der Waals surface area contributed by atoms with Gasteiger partial charge in [-0.15, -0.1) is 0 Å². The fraction of sp³-hybridized carbons (Fsp3) is 0.357. The molecule has 3 aromatic rings. The van der Waals surface area contributed by atoms with Gasteiger partial charge in [-0.1, -0.05) is 38.5 Å². The minimum absolute atomic E-state index is 0.139. The van der Waals surface area contributed by atoms with Crippen molar-refractivity contribution in [1.82, 2.24) is 14.9 Å². The van der Waals surface area contributed by atoms with Gasteiger partial charge in [-0.2, -0.15) is 0 Å². The molecule has 0 radical (unpaired) electrons. The van der Waals surface area contributed by atoms with Crippen LogP contribution in [0.1, 0.15) is 61.0 Å². The fourth-order valence-electron chi connectivity index (χ4n) is 4.44. The molecule has 184 valence electrons. The van der Waals surface area contributed by atoms with Crippen molar-refractivity contribution in [1.29, 1.82) is 0 Å². The van der Waals surface area contributed by atoms with Gasteiger partial charge in [-0.05, 0) is 66.6 Å². The van der Waals surface area contributed by atoms with E-state index < -0.39 is 24.0 Å². The van der Waals surface area contributed by atoms with Gasteiger partial charge in [0, 0.05) is 30.2 Å². The van der Waals surface area contributed by atoms with E-state index in [9.17, 15) is 19.5 Å².